The van der Waals surface area contributed by atoms with Gasteiger partial charge in [-0.1, -0.05) is 25.5 Å². The van der Waals surface area contributed by atoms with Gasteiger partial charge in [0, 0.05) is 17.7 Å². The van der Waals surface area contributed by atoms with E-state index in [0.717, 1.165) is 30.5 Å². The first-order valence-electron chi connectivity index (χ1n) is 7.59. The van der Waals surface area contributed by atoms with Crippen LogP contribution in [-0.2, 0) is 6.42 Å². The smallest absolute Gasteiger partial charge is 0.272 e. The van der Waals surface area contributed by atoms with Crippen molar-refractivity contribution in [3.63, 3.8) is 0 Å². The fourth-order valence-electron chi connectivity index (χ4n) is 3.25. The Bertz CT molecular complexity index is 474. The molecule has 0 aromatic heterocycles. The van der Waals surface area contributed by atoms with Crippen LogP contribution in [0.2, 0.25) is 0 Å². The van der Waals surface area contributed by atoms with Gasteiger partial charge in [-0.05, 0) is 50.6 Å². The molecule has 1 aliphatic rings. The first kappa shape index (κ1) is 15.0. The summed E-state index contributed by atoms with van der Waals surface area (Å²) in [6, 6.07) is 6.02. The lowest BCUT2D eigenvalue weighted by molar-refractivity contribution is -0.385. The van der Waals surface area contributed by atoms with Crippen LogP contribution in [0.4, 0.5) is 5.69 Å². The Morgan fingerprint density at radius 3 is 2.90 bits per heavy atom. The highest BCUT2D eigenvalue weighted by Gasteiger charge is 2.27. The van der Waals surface area contributed by atoms with E-state index >= 15 is 0 Å². The molecule has 2 atom stereocenters. The third-order valence-electron chi connectivity index (χ3n) is 4.41. The molecule has 0 heterocycles. The minimum Gasteiger partial charge on any atom is -0.314 e. The molecule has 1 aromatic rings. The van der Waals surface area contributed by atoms with E-state index in [1.165, 1.54) is 19.3 Å². The maximum Gasteiger partial charge on any atom is 0.272 e. The monoisotopic (exact) mass is 276 g/mol. The third kappa shape index (κ3) is 3.37. The summed E-state index contributed by atoms with van der Waals surface area (Å²) in [5.41, 5.74) is 2.21. The summed E-state index contributed by atoms with van der Waals surface area (Å²) in [6.45, 7) is 5.12. The minimum absolute atomic E-state index is 0.249. The molecule has 0 radical (unpaired) electrons. The summed E-state index contributed by atoms with van der Waals surface area (Å²) < 4.78 is 0. The molecule has 0 spiro atoms. The number of nitro groups is 1. The van der Waals surface area contributed by atoms with Gasteiger partial charge in [-0.3, -0.25) is 10.1 Å². The van der Waals surface area contributed by atoms with Crippen LogP contribution in [0.5, 0.6) is 0 Å². The summed E-state index contributed by atoms with van der Waals surface area (Å²) >= 11 is 0. The van der Waals surface area contributed by atoms with Gasteiger partial charge in [0.1, 0.15) is 0 Å². The van der Waals surface area contributed by atoms with E-state index in [-0.39, 0.29) is 10.6 Å². The molecule has 110 valence electrons. The topological polar surface area (TPSA) is 55.2 Å². The quantitative estimate of drug-likeness (QED) is 0.638. The SMILES string of the molecule is CCCNC1CCCC1Cc1cccc([N+](=O)[O-])c1C. The highest BCUT2D eigenvalue weighted by atomic mass is 16.6. The zero-order valence-electron chi connectivity index (χ0n) is 12.4. The van der Waals surface area contributed by atoms with Gasteiger partial charge in [0.05, 0.1) is 4.92 Å². The molecule has 0 bridgehead atoms. The third-order valence-corrected chi connectivity index (χ3v) is 4.41. The zero-order valence-corrected chi connectivity index (χ0v) is 12.4. The van der Waals surface area contributed by atoms with Gasteiger partial charge in [-0.15, -0.1) is 0 Å². The van der Waals surface area contributed by atoms with E-state index in [1.807, 2.05) is 19.1 Å². The first-order chi connectivity index (χ1) is 9.63. The van der Waals surface area contributed by atoms with Crippen molar-refractivity contribution in [2.45, 2.75) is 52.0 Å². The lowest BCUT2D eigenvalue weighted by Crippen LogP contribution is -2.33. The Morgan fingerprint density at radius 1 is 1.40 bits per heavy atom. The summed E-state index contributed by atoms with van der Waals surface area (Å²) in [7, 11) is 0. The molecule has 4 nitrogen and oxygen atoms in total. The van der Waals surface area contributed by atoms with E-state index in [2.05, 4.69) is 12.2 Å². The minimum atomic E-state index is -0.277. The molecule has 0 aliphatic heterocycles. The van der Waals surface area contributed by atoms with Crippen LogP contribution >= 0.6 is 0 Å². The standard InChI is InChI=1S/C16H24N2O2/c1-3-10-17-15-8-4-7-14(15)11-13-6-5-9-16(12(13)2)18(19)20/h5-6,9,14-15,17H,3-4,7-8,10-11H2,1-2H3. The van der Waals surface area contributed by atoms with Crippen molar-refractivity contribution in [1.29, 1.82) is 0 Å². The van der Waals surface area contributed by atoms with Crippen molar-refractivity contribution >= 4 is 5.69 Å². The fourth-order valence-corrected chi connectivity index (χ4v) is 3.25. The van der Waals surface area contributed by atoms with E-state index in [1.54, 1.807) is 6.07 Å². The second-order valence-corrected chi connectivity index (χ2v) is 5.77. The zero-order chi connectivity index (χ0) is 14.5. The normalized spacial score (nSPS) is 22.1. The van der Waals surface area contributed by atoms with Gasteiger partial charge >= 0.3 is 0 Å². The average molecular weight is 276 g/mol. The second-order valence-electron chi connectivity index (χ2n) is 5.77. The molecule has 1 N–H and O–H groups in total. The van der Waals surface area contributed by atoms with E-state index in [9.17, 15) is 10.1 Å². The predicted molar refractivity (Wildman–Crippen MR) is 81.0 cm³/mol. The van der Waals surface area contributed by atoms with Gasteiger partial charge < -0.3 is 5.32 Å². The predicted octanol–water partition coefficient (Wildman–Crippen LogP) is 3.61. The Kier molecular flexibility index (Phi) is 5.12. The molecule has 2 unspecified atom stereocenters. The van der Waals surface area contributed by atoms with Crippen molar-refractivity contribution in [3.05, 3.63) is 39.4 Å². The number of hydrogen-bond acceptors (Lipinski definition) is 3. The summed E-state index contributed by atoms with van der Waals surface area (Å²) in [5.74, 6) is 0.613. The van der Waals surface area contributed by atoms with Crippen LogP contribution in [0.1, 0.15) is 43.7 Å². The van der Waals surface area contributed by atoms with Crippen LogP contribution in [0.3, 0.4) is 0 Å². The van der Waals surface area contributed by atoms with Crippen molar-refractivity contribution < 1.29 is 4.92 Å². The summed E-state index contributed by atoms with van der Waals surface area (Å²) in [4.78, 5) is 10.7. The van der Waals surface area contributed by atoms with Crippen molar-refractivity contribution in [1.82, 2.24) is 5.32 Å². The second kappa shape index (κ2) is 6.84. The molecular weight excluding hydrogens is 252 g/mol. The molecule has 2 rings (SSSR count). The van der Waals surface area contributed by atoms with Crippen LogP contribution in [0.25, 0.3) is 0 Å². The van der Waals surface area contributed by atoms with Crippen LogP contribution < -0.4 is 5.32 Å². The van der Waals surface area contributed by atoms with Gasteiger partial charge in [-0.25, -0.2) is 0 Å². The van der Waals surface area contributed by atoms with Gasteiger partial charge in [0.15, 0.2) is 0 Å². The molecule has 0 saturated heterocycles. The number of nitrogens with zero attached hydrogens (tertiary/aromatic N) is 1. The van der Waals surface area contributed by atoms with Gasteiger partial charge in [0.25, 0.3) is 5.69 Å². The lowest BCUT2D eigenvalue weighted by Gasteiger charge is -2.21. The molecule has 4 heteroatoms. The molecule has 20 heavy (non-hydrogen) atoms. The maximum atomic E-state index is 11.0. The highest BCUT2D eigenvalue weighted by molar-refractivity contribution is 5.44. The number of rotatable bonds is 6. The molecule has 1 aliphatic carbocycles. The summed E-state index contributed by atoms with van der Waals surface area (Å²) in [5, 5.41) is 14.6. The van der Waals surface area contributed by atoms with Gasteiger partial charge in [0.2, 0.25) is 0 Å². The largest absolute Gasteiger partial charge is 0.314 e. The molecular formula is C16H24N2O2. The Balaban J connectivity index is 2.09. The van der Waals surface area contributed by atoms with E-state index < -0.39 is 0 Å². The van der Waals surface area contributed by atoms with Crippen LogP contribution in [-0.4, -0.2) is 17.5 Å². The van der Waals surface area contributed by atoms with Crippen LogP contribution in [0, 0.1) is 23.0 Å². The summed E-state index contributed by atoms with van der Waals surface area (Å²) in [6.07, 6.45) is 5.83. The molecule has 1 aromatic carbocycles. The number of benzene rings is 1. The average Bonchev–Trinajstić information content (AvgIpc) is 2.85. The Labute approximate surface area is 120 Å². The molecule has 1 saturated carbocycles. The number of hydrogen-bond donors (Lipinski definition) is 1. The highest BCUT2D eigenvalue weighted by Crippen LogP contribution is 2.31. The van der Waals surface area contributed by atoms with Gasteiger partial charge in [-0.2, -0.15) is 0 Å². The number of nitrogens with one attached hydrogen (secondary N) is 1. The van der Waals surface area contributed by atoms with Crippen molar-refractivity contribution in [2.75, 3.05) is 6.54 Å². The van der Waals surface area contributed by atoms with Crippen molar-refractivity contribution in [2.24, 2.45) is 5.92 Å². The molecule has 0 amide bonds. The number of nitro benzene ring substituents is 1. The Morgan fingerprint density at radius 2 is 2.20 bits per heavy atom. The van der Waals surface area contributed by atoms with Crippen molar-refractivity contribution in [3.8, 4) is 0 Å². The lowest BCUT2D eigenvalue weighted by atomic mass is 9.91. The van der Waals surface area contributed by atoms with E-state index in [4.69, 9.17) is 0 Å². The maximum absolute atomic E-state index is 11.0. The van der Waals surface area contributed by atoms with Crippen LogP contribution in [0.15, 0.2) is 18.2 Å². The molecule has 1 fully saturated rings. The fraction of sp³-hybridized carbons (Fsp3) is 0.625. The van der Waals surface area contributed by atoms with E-state index in [0.29, 0.717) is 12.0 Å². The Hall–Kier alpha value is -1.42. The first-order valence-corrected chi connectivity index (χ1v) is 7.59.